The summed E-state index contributed by atoms with van der Waals surface area (Å²) < 4.78 is 0.785. The van der Waals surface area contributed by atoms with Crippen molar-refractivity contribution in [2.75, 3.05) is 12.3 Å². The highest BCUT2D eigenvalue weighted by molar-refractivity contribution is 9.10. The maximum Gasteiger partial charge on any atom is 0.251 e. The molecule has 2 atom stereocenters. The van der Waals surface area contributed by atoms with Crippen LogP contribution in [-0.2, 0) is 0 Å². The average molecular weight is 313 g/mol. The Bertz CT molecular complexity index is 451. The smallest absolute Gasteiger partial charge is 0.251 e. The number of nitrogens with one attached hydrogen (secondary N) is 1. The average Bonchev–Trinajstić information content (AvgIpc) is 2.79. The minimum atomic E-state index is -0.125. The summed E-state index contributed by atoms with van der Waals surface area (Å²) in [7, 11) is 0. The Morgan fingerprint density at radius 1 is 1.50 bits per heavy atom. The van der Waals surface area contributed by atoms with Gasteiger partial charge >= 0.3 is 0 Å². The Hall–Kier alpha value is -1.07. The molecule has 0 bridgehead atoms. The molecular weight excluding hydrogens is 296 g/mol. The summed E-state index contributed by atoms with van der Waals surface area (Å²) >= 11 is 3.30. The lowest BCUT2D eigenvalue weighted by Gasteiger charge is -2.19. The van der Waals surface area contributed by atoms with Gasteiger partial charge in [0.1, 0.15) is 0 Å². The number of hydrogen-bond donors (Lipinski definition) is 3. The zero-order chi connectivity index (χ0) is 13.1. The van der Waals surface area contributed by atoms with Crippen molar-refractivity contribution < 1.29 is 9.90 Å². The zero-order valence-corrected chi connectivity index (χ0v) is 11.6. The van der Waals surface area contributed by atoms with E-state index in [-0.39, 0.29) is 24.5 Å². The van der Waals surface area contributed by atoms with Gasteiger partial charge in [0.25, 0.3) is 5.91 Å². The molecular formula is C13H17BrN2O2. The number of aliphatic hydroxyl groups is 1. The molecule has 0 saturated heterocycles. The van der Waals surface area contributed by atoms with Gasteiger partial charge in [-0.05, 0) is 47.0 Å². The highest BCUT2D eigenvalue weighted by Gasteiger charge is 2.28. The summed E-state index contributed by atoms with van der Waals surface area (Å²) in [5.41, 5.74) is 6.86. The van der Waals surface area contributed by atoms with Gasteiger partial charge in [-0.1, -0.05) is 6.42 Å². The van der Waals surface area contributed by atoms with Crippen LogP contribution < -0.4 is 11.1 Å². The lowest BCUT2D eigenvalue weighted by molar-refractivity contribution is 0.0916. The van der Waals surface area contributed by atoms with Crippen LogP contribution in [0.15, 0.2) is 22.7 Å². The molecule has 4 N–H and O–H groups in total. The first-order valence-electron chi connectivity index (χ1n) is 6.08. The lowest BCUT2D eigenvalue weighted by atomic mass is 10.0. The third kappa shape index (κ3) is 2.84. The first-order chi connectivity index (χ1) is 8.61. The number of rotatable bonds is 3. The van der Waals surface area contributed by atoms with Crippen molar-refractivity contribution in [3.63, 3.8) is 0 Å². The van der Waals surface area contributed by atoms with Gasteiger partial charge in [-0.2, -0.15) is 0 Å². The number of nitrogen functional groups attached to an aromatic ring is 1. The quantitative estimate of drug-likeness (QED) is 0.746. The van der Waals surface area contributed by atoms with E-state index in [1.165, 1.54) is 0 Å². The van der Waals surface area contributed by atoms with E-state index in [9.17, 15) is 9.90 Å². The summed E-state index contributed by atoms with van der Waals surface area (Å²) in [6.45, 7) is 0.132. The molecule has 1 aliphatic carbocycles. The standard InChI is InChI=1S/C13H17BrN2O2/c14-10-5-4-8(6-11(10)15)13(18)16-12-3-1-2-9(12)7-17/h4-6,9,12,17H,1-3,7,15H2,(H,16,18). The van der Waals surface area contributed by atoms with Crippen molar-refractivity contribution in [1.29, 1.82) is 0 Å². The molecule has 1 amide bonds. The van der Waals surface area contributed by atoms with Gasteiger partial charge < -0.3 is 16.2 Å². The highest BCUT2D eigenvalue weighted by Crippen LogP contribution is 2.26. The number of carbonyl (C=O) groups excluding carboxylic acids is 1. The van der Waals surface area contributed by atoms with Crippen LogP contribution in [0.25, 0.3) is 0 Å². The molecule has 98 valence electrons. The first-order valence-corrected chi connectivity index (χ1v) is 6.88. The van der Waals surface area contributed by atoms with Gasteiger partial charge in [-0.25, -0.2) is 0 Å². The molecule has 1 saturated carbocycles. The molecule has 0 radical (unpaired) electrons. The third-order valence-electron chi connectivity index (χ3n) is 3.47. The maximum atomic E-state index is 12.1. The molecule has 1 aliphatic rings. The van der Waals surface area contributed by atoms with Crippen LogP contribution >= 0.6 is 15.9 Å². The SMILES string of the molecule is Nc1cc(C(=O)NC2CCCC2CO)ccc1Br. The molecule has 1 fully saturated rings. The number of benzene rings is 1. The number of carbonyl (C=O) groups is 1. The maximum absolute atomic E-state index is 12.1. The van der Waals surface area contributed by atoms with Gasteiger partial charge in [0.15, 0.2) is 0 Å². The topological polar surface area (TPSA) is 75.4 Å². The molecule has 1 aromatic rings. The second kappa shape index (κ2) is 5.71. The molecule has 18 heavy (non-hydrogen) atoms. The molecule has 1 aromatic carbocycles. The number of anilines is 1. The molecule has 2 rings (SSSR count). The fraction of sp³-hybridized carbons (Fsp3) is 0.462. The molecule has 0 aromatic heterocycles. The Labute approximate surface area is 115 Å². The van der Waals surface area contributed by atoms with Crippen molar-refractivity contribution >= 4 is 27.5 Å². The van der Waals surface area contributed by atoms with E-state index >= 15 is 0 Å². The predicted octanol–water partition coefficient (Wildman–Crippen LogP) is 1.92. The fourth-order valence-electron chi connectivity index (χ4n) is 2.38. The van der Waals surface area contributed by atoms with Crippen LogP contribution in [0.5, 0.6) is 0 Å². The van der Waals surface area contributed by atoms with Crippen LogP contribution in [0.3, 0.4) is 0 Å². The van der Waals surface area contributed by atoms with Crippen LogP contribution in [-0.4, -0.2) is 23.7 Å². The monoisotopic (exact) mass is 312 g/mol. The second-order valence-corrected chi connectivity index (χ2v) is 5.54. The van der Waals surface area contributed by atoms with E-state index in [2.05, 4.69) is 21.2 Å². The highest BCUT2D eigenvalue weighted by atomic mass is 79.9. The van der Waals surface area contributed by atoms with Crippen LogP contribution in [0.1, 0.15) is 29.6 Å². The van der Waals surface area contributed by atoms with Crippen molar-refractivity contribution in [2.24, 2.45) is 5.92 Å². The Morgan fingerprint density at radius 2 is 2.28 bits per heavy atom. The van der Waals surface area contributed by atoms with E-state index in [1.54, 1.807) is 18.2 Å². The molecule has 4 nitrogen and oxygen atoms in total. The minimum Gasteiger partial charge on any atom is -0.398 e. The van der Waals surface area contributed by atoms with E-state index in [1.807, 2.05) is 0 Å². The summed E-state index contributed by atoms with van der Waals surface area (Å²) in [5.74, 6) is 0.0568. The molecule has 0 heterocycles. The Balaban J connectivity index is 2.05. The Morgan fingerprint density at radius 3 is 2.94 bits per heavy atom. The van der Waals surface area contributed by atoms with Crippen molar-refractivity contribution in [2.45, 2.75) is 25.3 Å². The number of aliphatic hydroxyl groups excluding tert-OH is 1. The van der Waals surface area contributed by atoms with Crippen molar-refractivity contribution in [1.82, 2.24) is 5.32 Å². The van der Waals surface area contributed by atoms with Crippen molar-refractivity contribution in [3.05, 3.63) is 28.2 Å². The van der Waals surface area contributed by atoms with E-state index in [0.29, 0.717) is 11.3 Å². The fourth-order valence-corrected chi connectivity index (χ4v) is 2.63. The van der Waals surface area contributed by atoms with Crippen LogP contribution in [0.2, 0.25) is 0 Å². The molecule has 5 heteroatoms. The number of amides is 1. The molecule has 0 aliphatic heterocycles. The minimum absolute atomic E-state index is 0.0763. The molecule has 2 unspecified atom stereocenters. The normalized spacial score (nSPS) is 23.0. The van der Waals surface area contributed by atoms with Crippen LogP contribution in [0.4, 0.5) is 5.69 Å². The van der Waals surface area contributed by atoms with Crippen molar-refractivity contribution in [3.8, 4) is 0 Å². The number of hydrogen-bond acceptors (Lipinski definition) is 3. The van der Waals surface area contributed by atoms with Crippen LogP contribution in [0, 0.1) is 5.92 Å². The predicted molar refractivity (Wildman–Crippen MR) is 74.2 cm³/mol. The summed E-state index contributed by atoms with van der Waals surface area (Å²) in [6.07, 6.45) is 2.96. The van der Waals surface area contributed by atoms with Gasteiger partial charge in [0, 0.05) is 34.3 Å². The summed E-state index contributed by atoms with van der Waals surface area (Å²) in [6, 6.07) is 5.23. The number of nitrogens with two attached hydrogens (primary N) is 1. The number of halogens is 1. The summed E-state index contributed by atoms with van der Waals surface area (Å²) in [4.78, 5) is 12.1. The largest absolute Gasteiger partial charge is 0.398 e. The molecule has 0 spiro atoms. The van der Waals surface area contributed by atoms with E-state index in [4.69, 9.17) is 5.73 Å². The lowest BCUT2D eigenvalue weighted by Crippen LogP contribution is -2.38. The van der Waals surface area contributed by atoms with E-state index in [0.717, 1.165) is 23.7 Å². The zero-order valence-electron chi connectivity index (χ0n) is 10.0. The van der Waals surface area contributed by atoms with E-state index < -0.39 is 0 Å². The van der Waals surface area contributed by atoms with Gasteiger partial charge in [-0.15, -0.1) is 0 Å². The van der Waals surface area contributed by atoms with Gasteiger partial charge in [-0.3, -0.25) is 4.79 Å². The second-order valence-electron chi connectivity index (χ2n) is 4.69. The first kappa shape index (κ1) is 13.4. The van der Waals surface area contributed by atoms with Gasteiger partial charge in [0.2, 0.25) is 0 Å². The Kier molecular flexibility index (Phi) is 4.24. The van der Waals surface area contributed by atoms with Gasteiger partial charge in [0.05, 0.1) is 0 Å². The third-order valence-corrected chi connectivity index (χ3v) is 4.19. The summed E-state index contributed by atoms with van der Waals surface area (Å²) in [5, 5.41) is 12.2.